The monoisotopic (exact) mass is 232 g/mol. The van der Waals surface area contributed by atoms with Crippen LogP contribution < -0.4 is 4.89 Å². The van der Waals surface area contributed by atoms with E-state index < -0.39 is 0 Å². The fourth-order valence-electron chi connectivity index (χ4n) is 1.58. The average molecular weight is 232 g/mol. The molecule has 0 spiro atoms. The van der Waals surface area contributed by atoms with Crippen LogP contribution >= 0.6 is 0 Å². The minimum Gasteiger partial charge on any atom is -0.337 e. The van der Waals surface area contributed by atoms with E-state index in [1.807, 2.05) is 39.0 Å². The number of benzene rings is 1. The predicted octanol–water partition coefficient (Wildman–Crippen LogP) is 4.47. The molecule has 0 unspecified atom stereocenters. The topological polar surface area (TPSA) is 18.5 Å². The molecule has 1 rings (SSSR count). The number of allylic oxidation sites excluding steroid dienone is 2. The van der Waals surface area contributed by atoms with Gasteiger partial charge in [-0.25, -0.2) is 0 Å². The van der Waals surface area contributed by atoms with Crippen molar-refractivity contribution in [2.75, 3.05) is 6.61 Å². The smallest absolute Gasteiger partial charge is 0.173 e. The van der Waals surface area contributed by atoms with Crippen molar-refractivity contribution >= 4 is 11.1 Å². The van der Waals surface area contributed by atoms with Gasteiger partial charge < -0.3 is 4.89 Å². The zero-order valence-corrected chi connectivity index (χ0v) is 10.9. The SMILES string of the molecule is C=C(C)c1cccc(OOCCC)c1C(=C)C. The Bertz CT molecular complexity index is 419. The van der Waals surface area contributed by atoms with Crippen LogP contribution in [0, 0.1) is 0 Å². The van der Waals surface area contributed by atoms with Gasteiger partial charge in [-0.3, -0.25) is 0 Å². The van der Waals surface area contributed by atoms with Crippen LogP contribution in [0.2, 0.25) is 0 Å². The van der Waals surface area contributed by atoms with E-state index in [2.05, 4.69) is 13.2 Å². The molecule has 0 heterocycles. The quantitative estimate of drug-likeness (QED) is 0.409. The van der Waals surface area contributed by atoms with E-state index >= 15 is 0 Å². The molecular formula is C15H20O2. The lowest BCUT2D eigenvalue weighted by molar-refractivity contribution is -0.206. The van der Waals surface area contributed by atoms with Gasteiger partial charge in [0.2, 0.25) is 0 Å². The lowest BCUT2D eigenvalue weighted by Crippen LogP contribution is -2.01. The van der Waals surface area contributed by atoms with Crippen LogP contribution in [-0.4, -0.2) is 6.61 Å². The van der Waals surface area contributed by atoms with Crippen LogP contribution in [-0.2, 0) is 4.89 Å². The maximum atomic E-state index is 5.33. The Hall–Kier alpha value is -1.54. The first-order valence-electron chi connectivity index (χ1n) is 5.82. The normalized spacial score (nSPS) is 10.1. The molecule has 2 heteroatoms. The van der Waals surface area contributed by atoms with E-state index in [0.29, 0.717) is 12.4 Å². The van der Waals surface area contributed by atoms with Crippen molar-refractivity contribution in [2.45, 2.75) is 27.2 Å². The summed E-state index contributed by atoms with van der Waals surface area (Å²) in [6, 6.07) is 5.83. The van der Waals surface area contributed by atoms with Crippen molar-refractivity contribution in [2.24, 2.45) is 0 Å². The van der Waals surface area contributed by atoms with E-state index in [-0.39, 0.29) is 0 Å². The Morgan fingerprint density at radius 2 is 1.88 bits per heavy atom. The van der Waals surface area contributed by atoms with Crippen molar-refractivity contribution in [1.82, 2.24) is 0 Å². The molecule has 0 aliphatic rings. The molecule has 0 N–H and O–H groups in total. The van der Waals surface area contributed by atoms with Crippen molar-refractivity contribution < 1.29 is 9.78 Å². The molecule has 0 fully saturated rings. The molecule has 0 amide bonds. The molecular weight excluding hydrogens is 212 g/mol. The largest absolute Gasteiger partial charge is 0.337 e. The summed E-state index contributed by atoms with van der Waals surface area (Å²) in [5, 5.41) is 0. The summed E-state index contributed by atoms with van der Waals surface area (Å²) >= 11 is 0. The Morgan fingerprint density at radius 1 is 1.18 bits per heavy atom. The minimum atomic E-state index is 0.576. The Morgan fingerprint density at radius 3 is 2.41 bits per heavy atom. The Labute approximate surface area is 103 Å². The zero-order chi connectivity index (χ0) is 12.8. The third-order valence-electron chi connectivity index (χ3n) is 2.35. The van der Waals surface area contributed by atoms with E-state index in [0.717, 1.165) is 28.7 Å². The number of hydrogen-bond acceptors (Lipinski definition) is 2. The van der Waals surface area contributed by atoms with E-state index in [1.54, 1.807) is 0 Å². The summed E-state index contributed by atoms with van der Waals surface area (Å²) in [6.45, 7) is 14.5. The van der Waals surface area contributed by atoms with E-state index in [4.69, 9.17) is 9.78 Å². The number of hydrogen-bond donors (Lipinski definition) is 0. The van der Waals surface area contributed by atoms with Gasteiger partial charge in [0.15, 0.2) is 5.75 Å². The summed E-state index contributed by atoms with van der Waals surface area (Å²) in [7, 11) is 0. The lowest BCUT2D eigenvalue weighted by Gasteiger charge is -2.14. The second-order valence-corrected chi connectivity index (χ2v) is 4.14. The van der Waals surface area contributed by atoms with Gasteiger partial charge in [-0.2, -0.15) is 4.89 Å². The third-order valence-corrected chi connectivity index (χ3v) is 2.35. The van der Waals surface area contributed by atoms with Gasteiger partial charge >= 0.3 is 0 Å². The maximum Gasteiger partial charge on any atom is 0.173 e. The fraction of sp³-hybridized carbons (Fsp3) is 0.333. The van der Waals surface area contributed by atoms with Gasteiger partial charge in [0, 0.05) is 5.56 Å². The van der Waals surface area contributed by atoms with Crippen LogP contribution in [0.1, 0.15) is 38.3 Å². The Kier molecular flexibility index (Phi) is 4.98. The minimum absolute atomic E-state index is 0.576. The highest BCUT2D eigenvalue weighted by atomic mass is 17.2. The molecule has 0 radical (unpaired) electrons. The molecule has 0 bridgehead atoms. The predicted molar refractivity (Wildman–Crippen MR) is 72.7 cm³/mol. The molecule has 0 saturated carbocycles. The fourth-order valence-corrected chi connectivity index (χ4v) is 1.58. The van der Waals surface area contributed by atoms with Gasteiger partial charge in [0.25, 0.3) is 0 Å². The van der Waals surface area contributed by atoms with Crippen molar-refractivity contribution in [3.8, 4) is 5.75 Å². The third kappa shape index (κ3) is 3.46. The van der Waals surface area contributed by atoms with E-state index in [9.17, 15) is 0 Å². The summed E-state index contributed by atoms with van der Waals surface area (Å²) in [4.78, 5) is 10.5. The van der Waals surface area contributed by atoms with Crippen LogP contribution in [0.25, 0.3) is 11.1 Å². The van der Waals surface area contributed by atoms with Crippen LogP contribution in [0.3, 0.4) is 0 Å². The lowest BCUT2D eigenvalue weighted by atomic mass is 9.96. The van der Waals surface area contributed by atoms with Crippen molar-refractivity contribution in [3.05, 3.63) is 42.5 Å². The van der Waals surface area contributed by atoms with Crippen LogP contribution in [0.4, 0.5) is 0 Å². The summed E-state index contributed by atoms with van der Waals surface area (Å²) in [5.74, 6) is 0.700. The highest BCUT2D eigenvalue weighted by Crippen LogP contribution is 2.32. The summed E-state index contributed by atoms with van der Waals surface area (Å²) in [5.41, 5.74) is 3.95. The van der Waals surface area contributed by atoms with Gasteiger partial charge in [-0.05, 0) is 37.5 Å². The molecule has 0 aliphatic heterocycles. The molecule has 0 aromatic heterocycles. The molecule has 2 nitrogen and oxygen atoms in total. The summed E-state index contributed by atoms with van der Waals surface area (Å²) < 4.78 is 0. The molecule has 0 saturated heterocycles. The first-order chi connectivity index (χ1) is 8.07. The average Bonchev–Trinajstić information content (AvgIpc) is 2.28. The highest BCUT2D eigenvalue weighted by molar-refractivity contribution is 5.80. The molecule has 0 atom stereocenters. The maximum absolute atomic E-state index is 5.33. The van der Waals surface area contributed by atoms with Crippen LogP contribution in [0.5, 0.6) is 5.75 Å². The van der Waals surface area contributed by atoms with Gasteiger partial charge in [0.05, 0.1) is 6.61 Å². The zero-order valence-electron chi connectivity index (χ0n) is 10.9. The molecule has 92 valence electrons. The molecule has 1 aromatic rings. The molecule has 0 aliphatic carbocycles. The van der Waals surface area contributed by atoms with Crippen molar-refractivity contribution in [1.29, 1.82) is 0 Å². The van der Waals surface area contributed by atoms with E-state index in [1.165, 1.54) is 0 Å². The van der Waals surface area contributed by atoms with Crippen LogP contribution in [0.15, 0.2) is 31.4 Å². The standard InChI is InChI=1S/C15H20O2/c1-6-10-16-17-14-9-7-8-13(11(2)3)15(14)12(4)5/h7-9H,2,4,6,10H2,1,3,5H3. The first-order valence-corrected chi connectivity index (χ1v) is 5.82. The Balaban J connectivity index is 3.07. The number of rotatable bonds is 6. The second kappa shape index (κ2) is 6.26. The molecule has 17 heavy (non-hydrogen) atoms. The van der Waals surface area contributed by atoms with Gasteiger partial charge in [0.1, 0.15) is 0 Å². The first kappa shape index (κ1) is 13.5. The van der Waals surface area contributed by atoms with Gasteiger partial charge in [-0.1, -0.05) is 37.8 Å². The molecule has 1 aromatic carbocycles. The summed E-state index contributed by atoms with van der Waals surface area (Å²) in [6.07, 6.45) is 0.919. The highest BCUT2D eigenvalue weighted by Gasteiger charge is 2.11. The van der Waals surface area contributed by atoms with Crippen molar-refractivity contribution in [3.63, 3.8) is 0 Å². The van der Waals surface area contributed by atoms with Gasteiger partial charge in [-0.15, -0.1) is 0 Å². The second-order valence-electron chi connectivity index (χ2n) is 4.14.